The lowest BCUT2D eigenvalue weighted by molar-refractivity contribution is -0.120. The lowest BCUT2D eigenvalue weighted by atomic mass is 10.0. The van der Waals surface area contributed by atoms with E-state index in [-0.39, 0.29) is 11.8 Å². The Balaban J connectivity index is 2.55. The standard InChI is InChI=1S/C13H19NO2/c1-3-4-13(15)12(14)9-10-5-7-11(16-2)8-6-10/h5-8,12H,3-4,9,14H2,1-2H3/t12-/m1/s1. The zero-order valence-corrected chi connectivity index (χ0v) is 9.90. The quantitative estimate of drug-likeness (QED) is 0.798. The van der Waals surface area contributed by atoms with Crippen molar-refractivity contribution >= 4 is 5.78 Å². The third-order valence-corrected chi connectivity index (χ3v) is 2.52. The fourth-order valence-corrected chi connectivity index (χ4v) is 1.56. The number of nitrogens with two attached hydrogens (primary N) is 1. The molecule has 0 aliphatic carbocycles. The molecule has 3 nitrogen and oxygen atoms in total. The van der Waals surface area contributed by atoms with Crippen LogP contribution in [-0.2, 0) is 11.2 Å². The topological polar surface area (TPSA) is 52.3 Å². The molecular weight excluding hydrogens is 202 g/mol. The van der Waals surface area contributed by atoms with Crippen LogP contribution in [0.2, 0.25) is 0 Å². The van der Waals surface area contributed by atoms with Crippen molar-refractivity contribution in [3.05, 3.63) is 29.8 Å². The molecule has 0 saturated carbocycles. The predicted molar refractivity (Wildman–Crippen MR) is 64.6 cm³/mol. The average Bonchev–Trinajstić information content (AvgIpc) is 2.30. The summed E-state index contributed by atoms with van der Waals surface area (Å²) in [7, 11) is 1.63. The summed E-state index contributed by atoms with van der Waals surface area (Å²) in [5.74, 6) is 0.954. The van der Waals surface area contributed by atoms with Crippen LogP contribution in [0.3, 0.4) is 0 Å². The summed E-state index contributed by atoms with van der Waals surface area (Å²) in [6.07, 6.45) is 2.02. The Morgan fingerprint density at radius 2 is 2.00 bits per heavy atom. The number of carbonyl (C=O) groups is 1. The smallest absolute Gasteiger partial charge is 0.149 e. The van der Waals surface area contributed by atoms with Gasteiger partial charge in [-0.3, -0.25) is 4.79 Å². The van der Waals surface area contributed by atoms with Crippen LogP contribution in [0, 0.1) is 0 Å². The Kier molecular flexibility index (Phi) is 4.99. The molecule has 1 atom stereocenters. The molecule has 3 heteroatoms. The molecule has 0 saturated heterocycles. The van der Waals surface area contributed by atoms with Gasteiger partial charge in [0.15, 0.2) is 0 Å². The first kappa shape index (κ1) is 12.7. The SMILES string of the molecule is CCCC(=O)[C@H](N)Cc1ccc(OC)cc1. The van der Waals surface area contributed by atoms with Crippen LogP contribution in [0.5, 0.6) is 5.75 Å². The Morgan fingerprint density at radius 1 is 1.38 bits per heavy atom. The second kappa shape index (κ2) is 6.28. The van der Waals surface area contributed by atoms with E-state index in [2.05, 4.69) is 0 Å². The maximum Gasteiger partial charge on any atom is 0.149 e. The molecule has 1 rings (SSSR count). The minimum Gasteiger partial charge on any atom is -0.497 e. The Labute approximate surface area is 96.6 Å². The average molecular weight is 221 g/mol. The molecule has 0 aromatic heterocycles. The highest BCUT2D eigenvalue weighted by Crippen LogP contribution is 2.12. The van der Waals surface area contributed by atoms with E-state index >= 15 is 0 Å². The van der Waals surface area contributed by atoms with Gasteiger partial charge in [-0.25, -0.2) is 0 Å². The first-order chi connectivity index (χ1) is 7.67. The van der Waals surface area contributed by atoms with Crippen molar-refractivity contribution in [3.8, 4) is 5.75 Å². The summed E-state index contributed by atoms with van der Waals surface area (Å²) < 4.78 is 5.06. The van der Waals surface area contributed by atoms with Gasteiger partial charge in [-0.05, 0) is 30.5 Å². The molecule has 0 aliphatic rings. The van der Waals surface area contributed by atoms with E-state index in [9.17, 15) is 4.79 Å². The minimum absolute atomic E-state index is 0.137. The fourth-order valence-electron chi connectivity index (χ4n) is 1.56. The highest BCUT2D eigenvalue weighted by Gasteiger charge is 2.12. The summed E-state index contributed by atoms with van der Waals surface area (Å²) in [5.41, 5.74) is 6.89. The summed E-state index contributed by atoms with van der Waals surface area (Å²) in [6.45, 7) is 1.98. The Hall–Kier alpha value is -1.35. The van der Waals surface area contributed by atoms with Crippen LogP contribution in [0.25, 0.3) is 0 Å². The van der Waals surface area contributed by atoms with E-state index in [1.54, 1.807) is 7.11 Å². The van der Waals surface area contributed by atoms with Crippen LogP contribution >= 0.6 is 0 Å². The summed E-state index contributed by atoms with van der Waals surface area (Å²) >= 11 is 0. The minimum atomic E-state index is -0.381. The number of methoxy groups -OCH3 is 1. The maximum atomic E-state index is 11.5. The number of hydrogen-bond donors (Lipinski definition) is 1. The van der Waals surface area contributed by atoms with Gasteiger partial charge >= 0.3 is 0 Å². The number of carbonyl (C=O) groups excluding carboxylic acids is 1. The van der Waals surface area contributed by atoms with E-state index in [4.69, 9.17) is 10.5 Å². The molecule has 0 spiro atoms. The van der Waals surface area contributed by atoms with E-state index < -0.39 is 0 Å². The third-order valence-electron chi connectivity index (χ3n) is 2.52. The highest BCUT2D eigenvalue weighted by molar-refractivity contribution is 5.83. The van der Waals surface area contributed by atoms with Gasteiger partial charge in [0.05, 0.1) is 13.2 Å². The summed E-state index contributed by atoms with van der Waals surface area (Å²) in [4.78, 5) is 11.5. The molecule has 0 aliphatic heterocycles. The van der Waals surface area contributed by atoms with Crippen LogP contribution in [-0.4, -0.2) is 18.9 Å². The number of ether oxygens (including phenoxy) is 1. The molecule has 1 aromatic carbocycles. The van der Waals surface area contributed by atoms with E-state index in [1.807, 2.05) is 31.2 Å². The molecule has 0 amide bonds. The van der Waals surface area contributed by atoms with E-state index in [1.165, 1.54) is 0 Å². The largest absolute Gasteiger partial charge is 0.497 e. The molecule has 0 heterocycles. The van der Waals surface area contributed by atoms with Crippen molar-refractivity contribution < 1.29 is 9.53 Å². The summed E-state index contributed by atoms with van der Waals surface area (Å²) in [5, 5.41) is 0. The zero-order chi connectivity index (χ0) is 12.0. The van der Waals surface area contributed by atoms with Crippen molar-refractivity contribution in [2.75, 3.05) is 7.11 Å². The Bertz CT molecular complexity index is 332. The number of benzene rings is 1. The molecule has 0 radical (unpaired) electrons. The molecule has 88 valence electrons. The first-order valence-electron chi connectivity index (χ1n) is 5.58. The van der Waals surface area contributed by atoms with Gasteiger partial charge in [0.1, 0.15) is 11.5 Å². The van der Waals surface area contributed by atoms with Gasteiger partial charge in [0.25, 0.3) is 0 Å². The van der Waals surface area contributed by atoms with Gasteiger partial charge in [0, 0.05) is 6.42 Å². The molecular formula is C13H19NO2. The number of ketones is 1. The van der Waals surface area contributed by atoms with Gasteiger partial charge < -0.3 is 10.5 Å². The lowest BCUT2D eigenvalue weighted by Gasteiger charge is -2.10. The molecule has 0 unspecified atom stereocenters. The summed E-state index contributed by atoms with van der Waals surface area (Å²) in [6, 6.07) is 7.27. The van der Waals surface area contributed by atoms with Crippen LogP contribution in [0.15, 0.2) is 24.3 Å². The second-order valence-corrected chi connectivity index (χ2v) is 3.88. The molecule has 2 N–H and O–H groups in total. The lowest BCUT2D eigenvalue weighted by Crippen LogP contribution is -2.32. The second-order valence-electron chi connectivity index (χ2n) is 3.88. The van der Waals surface area contributed by atoms with Crippen LogP contribution in [0.4, 0.5) is 0 Å². The third kappa shape index (κ3) is 3.66. The number of rotatable bonds is 6. The Morgan fingerprint density at radius 3 is 2.50 bits per heavy atom. The normalized spacial score (nSPS) is 12.2. The first-order valence-corrected chi connectivity index (χ1v) is 5.58. The molecule has 0 fully saturated rings. The number of hydrogen-bond acceptors (Lipinski definition) is 3. The van der Waals surface area contributed by atoms with Crippen molar-refractivity contribution in [2.45, 2.75) is 32.2 Å². The van der Waals surface area contributed by atoms with Crippen LogP contribution < -0.4 is 10.5 Å². The van der Waals surface area contributed by atoms with Gasteiger partial charge in [-0.1, -0.05) is 19.1 Å². The van der Waals surface area contributed by atoms with Crippen molar-refractivity contribution in [1.82, 2.24) is 0 Å². The fraction of sp³-hybridized carbons (Fsp3) is 0.462. The molecule has 1 aromatic rings. The van der Waals surface area contributed by atoms with Gasteiger partial charge in [-0.2, -0.15) is 0 Å². The zero-order valence-electron chi connectivity index (χ0n) is 9.90. The highest BCUT2D eigenvalue weighted by atomic mass is 16.5. The van der Waals surface area contributed by atoms with E-state index in [0.717, 1.165) is 17.7 Å². The van der Waals surface area contributed by atoms with Crippen molar-refractivity contribution in [1.29, 1.82) is 0 Å². The maximum absolute atomic E-state index is 11.5. The van der Waals surface area contributed by atoms with Crippen molar-refractivity contribution in [3.63, 3.8) is 0 Å². The van der Waals surface area contributed by atoms with Crippen LogP contribution in [0.1, 0.15) is 25.3 Å². The van der Waals surface area contributed by atoms with E-state index in [0.29, 0.717) is 12.8 Å². The van der Waals surface area contributed by atoms with Gasteiger partial charge in [-0.15, -0.1) is 0 Å². The molecule has 0 bridgehead atoms. The van der Waals surface area contributed by atoms with Crippen molar-refractivity contribution in [2.24, 2.45) is 5.73 Å². The molecule has 16 heavy (non-hydrogen) atoms. The monoisotopic (exact) mass is 221 g/mol. The van der Waals surface area contributed by atoms with Gasteiger partial charge in [0.2, 0.25) is 0 Å². The predicted octanol–water partition coefficient (Wildman–Crippen LogP) is 1.93. The number of Topliss-reactive ketones (excluding diaryl/α,β-unsaturated/α-hetero) is 1.